The molecule has 0 unspecified atom stereocenters. The number of hydrogen-bond acceptors (Lipinski definition) is 10. The average Bonchev–Trinajstić information content (AvgIpc) is 3.98. The summed E-state index contributed by atoms with van der Waals surface area (Å²) in [5.74, 6) is -1.99. The number of nitrogens with zero attached hydrogens (tertiary/aromatic N) is 8. The third kappa shape index (κ3) is 9.13. The minimum atomic E-state index is -0.700. The van der Waals surface area contributed by atoms with Crippen molar-refractivity contribution in [2.45, 2.75) is 66.7 Å². The fraction of sp³-hybridized carbons (Fsp3) is 0.350. The topological polar surface area (TPSA) is 281 Å². The highest BCUT2D eigenvalue weighted by atomic mass is 16.5. The van der Waals surface area contributed by atoms with Crippen molar-refractivity contribution >= 4 is 45.7 Å². The number of aliphatic hydroxyl groups is 2. The van der Waals surface area contributed by atoms with E-state index < -0.39 is 23.6 Å². The number of aromatic amines is 2. The predicted octanol–water partition coefficient (Wildman–Crippen LogP) is 1.76. The van der Waals surface area contributed by atoms with Crippen LogP contribution in [0.15, 0.2) is 58.5 Å². The van der Waals surface area contributed by atoms with E-state index in [1.165, 1.54) is 24.3 Å². The Labute approximate surface area is 342 Å². The summed E-state index contributed by atoms with van der Waals surface area (Å²) in [6.07, 6.45) is 4.22. The van der Waals surface area contributed by atoms with Gasteiger partial charge in [0.25, 0.3) is 11.8 Å². The maximum absolute atomic E-state index is 13.7. The Hall–Kier alpha value is -7.06. The van der Waals surface area contributed by atoms with Crippen LogP contribution < -0.4 is 32.2 Å². The van der Waals surface area contributed by atoms with E-state index in [0.717, 1.165) is 0 Å². The molecule has 0 radical (unpaired) electrons. The summed E-state index contributed by atoms with van der Waals surface area (Å²) in [5, 5.41) is 27.7. The van der Waals surface area contributed by atoms with Gasteiger partial charge in [0, 0.05) is 63.4 Å². The Morgan fingerprint density at radius 3 is 1.43 bits per heavy atom. The molecule has 0 spiro atoms. The minimum absolute atomic E-state index is 0.111. The predicted molar refractivity (Wildman–Crippen MR) is 218 cm³/mol. The number of benzene rings is 2. The van der Waals surface area contributed by atoms with Gasteiger partial charge in [0.2, 0.25) is 23.1 Å². The lowest BCUT2D eigenvalue weighted by molar-refractivity contribution is 0.0978. The molecule has 0 saturated carbocycles. The van der Waals surface area contributed by atoms with Crippen LogP contribution in [0.4, 0.5) is 0 Å². The zero-order valence-electron chi connectivity index (χ0n) is 33.8. The molecule has 0 atom stereocenters. The van der Waals surface area contributed by atoms with Crippen molar-refractivity contribution in [2.75, 3.05) is 26.4 Å². The monoisotopic (exact) mass is 824 g/mol. The van der Waals surface area contributed by atoms with Crippen LogP contribution in [-0.2, 0) is 26.2 Å². The van der Waals surface area contributed by atoms with Gasteiger partial charge >= 0.3 is 0 Å². The molecule has 0 fully saturated rings. The SMILES string of the molecule is CCn1nc(C)cc1C(=O)N=c1[nH]c2cc(C(N)=O)cc(OCCCO)c2n1C/C=C/Cn1/c(=N/C(=O)c2cc(C)nn2CC)[nH]c2cc(C(N)=O)cc(OCCCO)c21. The Kier molecular flexibility index (Phi) is 13.2. The van der Waals surface area contributed by atoms with E-state index in [-0.39, 0.29) is 84.8 Å². The average molecular weight is 825 g/mol. The number of allylic oxidation sites excluding steroid dienone is 2. The summed E-state index contributed by atoms with van der Waals surface area (Å²) in [6, 6.07) is 9.36. The van der Waals surface area contributed by atoms with E-state index in [4.69, 9.17) is 20.9 Å². The molecule has 6 aromatic rings. The standard InChI is InChI=1S/C40H48N12O8/c1-5-51-29(17-23(3)47-51)37(57)45-39-43-27-19-25(35(41)55)21-31(59-15-9-13-53)33(27)49(39)11-7-8-12-50-34-28(20-26(36(42)56)22-32(34)60-16-10-14-54)44-40(50)46-38(58)30-18-24(4)48-52(30)6-2/h7-8,17-22,53-54H,5-6,9-16H2,1-4H3,(H2,41,55)(H2,42,56)(H,43,45,57)(H,44,46,58)/b8-7+. The van der Waals surface area contributed by atoms with Gasteiger partial charge in [-0.2, -0.15) is 20.2 Å². The fourth-order valence-corrected chi connectivity index (χ4v) is 6.67. The normalized spacial score (nSPS) is 12.4. The van der Waals surface area contributed by atoms with Gasteiger partial charge in [-0.05, 0) is 64.1 Å². The second-order valence-corrected chi connectivity index (χ2v) is 13.7. The number of ether oxygens (including phenoxy) is 2. The van der Waals surface area contributed by atoms with Crippen LogP contribution in [0, 0.1) is 13.8 Å². The van der Waals surface area contributed by atoms with Crippen LogP contribution in [0.1, 0.15) is 79.8 Å². The van der Waals surface area contributed by atoms with E-state index in [1.807, 2.05) is 13.8 Å². The van der Waals surface area contributed by atoms with Crippen molar-refractivity contribution < 1.29 is 38.9 Å². The first-order valence-electron chi connectivity index (χ1n) is 19.4. The molecule has 0 saturated heterocycles. The van der Waals surface area contributed by atoms with E-state index >= 15 is 0 Å². The number of aromatic nitrogens is 8. The molecule has 20 heteroatoms. The van der Waals surface area contributed by atoms with Crippen molar-refractivity contribution in [3.05, 3.63) is 93.7 Å². The van der Waals surface area contributed by atoms with Crippen molar-refractivity contribution in [2.24, 2.45) is 21.5 Å². The molecule has 8 N–H and O–H groups in total. The number of carbonyl (C=O) groups is 4. The Morgan fingerprint density at radius 1 is 0.683 bits per heavy atom. The molecule has 60 heavy (non-hydrogen) atoms. The summed E-state index contributed by atoms with van der Waals surface area (Å²) < 4.78 is 18.6. The highest BCUT2D eigenvalue weighted by Gasteiger charge is 2.20. The van der Waals surface area contributed by atoms with Crippen molar-refractivity contribution in [1.29, 1.82) is 0 Å². The zero-order valence-corrected chi connectivity index (χ0v) is 33.8. The Balaban J connectivity index is 1.49. The van der Waals surface area contributed by atoms with E-state index in [9.17, 15) is 29.4 Å². The van der Waals surface area contributed by atoms with Crippen LogP contribution in [0.5, 0.6) is 11.5 Å². The number of imidazole rings is 2. The van der Waals surface area contributed by atoms with Gasteiger partial charge in [-0.25, -0.2) is 0 Å². The maximum Gasteiger partial charge on any atom is 0.298 e. The Bertz CT molecular complexity index is 2570. The summed E-state index contributed by atoms with van der Waals surface area (Å²) >= 11 is 0. The molecule has 4 aromatic heterocycles. The van der Waals surface area contributed by atoms with Crippen molar-refractivity contribution in [3.8, 4) is 11.5 Å². The number of primary amides is 2. The highest BCUT2D eigenvalue weighted by molar-refractivity contribution is 5.99. The molecule has 0 aliphatic heterocycles. The number of fused-ring (bicyclic) bond motifs is 2. The van der Waals surface area contributed by atoms with Crippen LogP contribution >= 0.6 is 0 Å². The number of hydrogen-bond donors (Lipinski definition) is 6. The number of carbonyl (C=O) groups excluding carboxylic acids is 4. The molecule has 4 heterocycles. The largest absolute Gasteiger partial charge is 0.491 e. The minimum Gasteiger partial charge on any atom is -0.491 e. The maximum atomic E-state index is 13.7. The molecule has 2 aromatic carbocycles. The quantitative estimate of drug-likeness (QED) is 0.0540. The Morgan fingerprint density at radius 2 is 1.08 bits per heavy atom. The van der Waals surface area contributed by atoms with E-state index in [0.29, 0.717) is 59.4 Å². The summed E-state index contributed by atoms with van der Waals surface area (Å²) in [5.41, 5.74) is 15.5. The van der Waals surface area contributed by atoms with Gasteiger partial charge in [-0.3, -0.25) is 28.5 Å². The number of amides is 4. The highest BCUT2D eigenvalue weighted by Crippen LogP contribution is 2.28. The number of nitrogens with two attached hydrogens (primary N) is 2. The van der Waals surface area contributed by atoms with Gasteiger partial charge in [-0.1, -0.05) is 12.2 Å². The fourth-order valence-electron chi connectivity index (χ4n) is 6.67. The lowest BCUT2D eigenvalue weighted by Crippen LogP contribution is -2.22. The molecule has 0 aliphatic rings. The van der Waals surface area contributed by atoms with Gasteiger partial charge < -0.3 is 50.3 Å². The molecular weight excluding hydrogens is 777 g/mol. The molecule has 6 rings (SSSR count). The van der Waals surface area contributed by atoms with Crippen LogP contribution in [0.3, 0.4) is 0 Å². The number of rotatable bonds is 18. The smallest absolute Gasteiger partial charge is 0.298 e. The van der Waals surface area contributed by atoms with E-state index in [2.05, 4.69) is 30.2 Å². The van der Waals surface area contributed by atoms with Crippen LogP contribution in [-0.4, -0.2) is 98.9 Å². The number of aryl methyl sites for hydroxylation is 4. The lowest BCUT2D eigenvalue weighted by Gasteiger charge is -2.11. The second-order valence-electron chi connectivity index (χ2n) is 13.7. The molecule has 20 nitrogen and oxygen atoms in total. The van der Waals surface area contributed by atoms with Gasteiger partial charge in [0.1, 0.15) is 33.9 Å². The molecular formula is C40H48N12O8. The van der Waals surface area contributed by atoms with Gasteiger partial charge in [0.05, 0.1) is 35.6 Å². The summed E-state index contributed by atoms with van der Waals surface area (Å²) in [6.45, 7) is 8.37. The number of aliphatic hydroxyl groups excluding tert-OH is 2. The first-order valence-corrected chi connectivity index (χ1v) is 19.4. The molecule has 316 valence electrons. The van der Waals surface area contributed by atoms with Crippen LogP contribution in [0.25, 0.3) is 22.1 Å². The number of nitrogens with one attached hydrogen (secondary N) is 2. The second kappa shape index (κ2) is 18.7. The third-order valence-corrected chi connectivity index (χ3v) is 9.38. The molecule has 0 aliphatic carbocycles. The summed E-state index contributed by atoms with van der Waals surface area (Å²) in [4.78, 5) is 67.2. The third-order valence-electron chi connectivity index (χ3n) is 9.38. The first kappa shape index (κ1) is 42.5. The molecule has 4 amide bonds. The van der Waals surface area contributed by atoms with Gasteiger partial charge in [-0.15, -0.1) is 0 Å². The summed E-state index contributed by atoms with van der Waals surface area (Å²) in [7, 11) is 0. The lowest BCUT2D eigenvalue weighted by atomic mass is 10.1. The van der Waals surface area contributed by atoms with Crippen molar-refractivity contribution in [1.82, 2.24) is 38.7 Å². The molecule has 0 bridgehead atoms. The zero-order chi connectivity index (χ0) is 43.1. The number of H-pyrrole nitrogens is 2. The van der Waals surface area contributed by atoms with E-state index in [1.54, 1.807) is 56.6 Å². The van der Waals surface area contributed by atoms with Crippen LogP contribution in [0.2, 0.25) is 0 Å². The van der Waals surface area contributed by atoms with Gasteiger partial charge in [0.15, 0.2) is 0 Å². The van der Waals surface area contributed by atoms with Crippen molar-refractivity contribution in [3.63, 3.8) is 0 Å². The first-order chi connectivity index (χ1) is 28.9.